The van der Waals surface area contributed by atoms with Crippen LogP contribution in [0.15, 0.2) is 23.1 Å². The molecule has 0 aliphatic heterocycles. The van der Waals surface area contributed by atoms with Gasteiger partial charge in [-0.05, 0) is 0 Å². The molecule has 0 saturated carbocycles. The van der Waals surface area contributed by atoms with Crippen LogP contribution in [0.1, 0.15) is 26.7 Å². The van der Waals surface area contributed by atoms with Crippen molar-refractivity contribution in [3.05, 3.63) is 35.8 Å². The minimum absolute atomic E-state index is 0.0677. The molecular weight excluding hydrogens is 228 g/mol. The summed E-state index contributed by atoms with van der Waals surface area (Å²) in [5.41, 5.74) is -0.0742. The average Bonchev–Trinajstić information content (AvgIpc) is 2.96. The van der Waals surface area contributed by atoms with Crippen molar-refractivity contribution in [1.82, 2.24) is 20.5 Å². The van der Waals surface area contributed by atoms with Crippen molar-refractivity contribution < 1.29 is 19.1 Å². The fraction of sp³-hybridized carbons (Fsp3) is 0.111. The molecule has 0 atom stereocenters. The zero-order chi connectivity index (χ0) is 12.3. The molecule has 0 aliphatic rings. The molecule has 0 saturated heterocycles. The number of carbonyl (C=O) groups excluding carboxylic acids is 1. The fourth-order valence-electron chi connectivity index (χ4n) is 1.13. The summed E-state index contributed by atoms with van der Waals surface area (Å²) < 4.78 is 4.82. The maximum Gasteiger partial charge on any atom is 0.338 e. The van der Waals surface area contributed by atoms with Gasteiger partial charge in [-0.2, -0.15) is 5.10 Å². The van der Waals surface area contributed by atoms with Crippen molar-refractivity contribution in [2.45, 2.75) is 6.54 Å². The largest absolute Gasteiger partial charge is 0.478 e. The van der Waals surface area contributed by atoms with Crippen molar-refractivity contribution in [1.29, 1.82) is 0 Å². The number of carboxylic acid groups (broad SMARTS) is 1. The number of amides is 1. The van der Waals surface area contributed by atoms with Crippen LogP contribution < -0.4 is 5.32 Å². The molecular formula is C9H8N4O4. The number of carboxylic acids is 1. The Morgan fingerprint density at radius 1 is 1.53 bits per heavy atom. The van der Waals surface area contributed by atoms with Crippen LogP contribution >= 0.6 is 0 Å². The van der Waals surface area contributed by atoms with E-state index in [-0.39, 0.29) is 17.9 Å². The number of nitrogens with zero attached hydrogens (tertiary/aromatic N) is 2. The normalized spacial score (nSPS) is 10.1. The number of hydrogen-bond acceptors (Lipinski definition) is 5. The Hall–Kier alpha value is -2.64. The van der Waals surface area contributed by atoms with E-state index in [1.54, 1.807) is 0 Å². The SMILES string of the molecule is O=C(O)c1coc(C(=O)NCc2ncn[nH]2)c1. The third kappa shape index (κ3) is 2.48. The second-order valence-corrected chi connectivity index (χ2v) is 3.12. The molecule has 1 amide bonds. The zero-order valence-corrected chi connectivity index (χ0v) is 8.51. The van der Waals surface area contributed by atoms with Gasteiger partial charge in [0.1, 0.15) is 18.4 Å². The minimum atomic E-state index is -1.15. The second-order valence-electron chi connectivity index (χ2n) is 3.12. The van der Waals surface area contributed by atoms with Crippen LogP contribution in [0.25, 0.3) is 0 Å². The molecule has 2 aromatic rings. The van der Waals surface area contributed by atoms with E-state index in [2.05, 4.69) is 20.5 Å². The molecule has 2 heterocycles. The number of furan rings is 1. The Kier molecular flexibility index (Phi) is 2.86. The Balaban J connectivity index is 1.97. The molecule has 0 aromatic carbocycles. The van der Waals surface area contributed by atoms with Crippen LogP contribution in [0.2, 0.25) is 0 Å². The first-order valence-corrected chi connectivity index (χ1v) is 4.61. The van der Waals surface area contributed by atoms with Crippen molar-refractivity contribution in [3.8, 4) is 0 Å². The molecule has 0 fully saturated rings. The van der Waals surface area contributed by atoms with Crippen LogP contribution in [0.4, 0.5) is 0 Å². The van der Waals surface area contributed by atoms with E-state index in [0.717, 1.165) is 12.3 Å². The molecule has 0 spiro atoms. The molecule has 2 aromatic heterocycles. The van der Waals surface area contributed by atoms with Gasteiger partial charge in [0.25, 0.3) is 5.91 Å². The van der Waals surface area contributed by atoms with Gasteiger partial charge in [-0.25, -0.2) is 9.78 Å². The summed E-state index contributed by atoms with van der Waals surface area (Å²) in [5.74, 6) is -1.25. The topological polar surface area (TPSA) is 121 Å². The number of carbonyl (C=O) groups is 2. The molecule has 0 aliphatic carbocycles. The third-order valence-corrected chi connectivity index (χ3v) is 1.95. The molecule has 17 heavy (non-hydrogen) atoms. The van der Waals surface area contributed by atoms with E-state index in [1.807, 2.05) is 0 Å². The number of H-pyrrole nitrogens is 1. The van der Waals surface area contributed by atoms with E-state index in [4.69, 9.17) is 9.52 Å². The first-order valence-electron chi connectivity index (χ1n) is 4.61. The molecule has 2 rings (SSSR count). The predicted molar refractivity (Wildman–Crippen MR) is 53.2 cm³/mol. The van der Waals surface area contributed by atoms with Gasteiger partial charge >= 0.3 is 5.97 Å². The quantitative estimate of drug-likeness (QED) is 0.688. The highest BCUT2D eigenvalue weighted by Crippen LogP contribution is 2.07. The van der Waals surface area contributed by atoms with Gasteiger partial charge in [0.2, 0.25) is 0 Å². The van der Waals surface area contributed by atoms with Crippen LogP contribution in [-0.4, -0.2) is 32.2 Å². The molecule has 8 heteroatoms. The first-order chi connectivity index (χ1) is 8.16. The van der Waals surface area contributed by atoms with Crippen LogP contribution in [-0.2, 0) is 6.54 Å². The number of aromatic amines is 1. The molecule has 0 radical (unpaired) electrons. The highest BCUT2D eigenvalue weighted by molar-refractivity contribution is 5.95. The van der Waals surface area contributed by atoms with Crippen molar-refractivity contribution in [2.24, 2.45) is 0 Å². The molecule has 8 nitrogen and oxygen atoms in total. The Morgan fingerprint density at radius 3 is 2.94 bits per heavy atom. The number of aromatic nitrogens is 3. The van der Waals surface area contributed by atoms with Crippen molar-refractivity contribution in [3.63, 3.8) is 0 Å². The molecule has 88 valence electrons. The highest BCUT2D eigenvalue weighted by atomic mass is 16.4. The lowest BCUT2D eigenvalue weighted by Gasteiger charge is -1.98. The maximum atomic E-state index is 11.5. The van der Waals surface area contributed by atoms with Crippen LogP contribution in [0.3, 0.4) is 0 Å². The minimum Gasteiger partial charge on any atom is -0.478 e. The van der Waals surface area contributed by atoms with E-state index in [0.29, 0.717) is 5.82 Å². The average molecular weight is 236 g/mol. The van der Waals surface area contributed by atoms with E-state index < -0.39 is 11.9 Å². The predicted octanol–water partition coefficient (Wildman–Crippen LogP) is 0.0259. The molecule has 0 bridgehead atoms. The monoisotopic (exact) mass is 236 g/mol. The van der Waals surface area contributed by atoms with E-state index in [1.165, 1.54) is 6.33 Å². The lowest BCUT2D eigenvalue weighted by molar-refractivity contribution is 0.0696. The number of nitrogens with one attached hydrogen (secondary N) is 2. The zero-order valence-electron chi connectivity index (χ0n) is 8.51. The maximum absolute atomic E-state index is 11.5. The van der Waals surface area contributed by atoms with Crippen molar-refractivity contribution >= 4 is 11.9 Å². The summed E-state index contributed by atoms with van der Waals surface area (Å²) in [4.78, 5) is 25.9. The third-order valence-electron chi connectivity index (χ3n) is 1.95. The Bertz CT molecular complexity index is 531. The van der Waals surface area contributed by atoms with Gasteiger partial charge in [0, 0.05) is 6.07 Å². The highest BCUT2D eigenvalue weighted by Gasteiger charge is 2.14. The summed E-state index contributed by atoms with van der Waals surface area (Å²) in [6, 6.07) is 1.15. The van der Waals surface area contributed by atoms with Gasteiger partial charge in [-0.3, -0.25) is 9.89 Å². The number of hydrogen-bond donors (Lipinski definition) is 3. The van der Waals surface area contributed by atoms with E-state index in [9.17, 15) is 9.59 Å². The number of rotatable bonds is 4. The van der Waals surface area contributed by atoms with Crippen molar-refractivity contribution in [2.75, 3.05) is 0 Å². The first kappa shape index (κ1) is 10.9. The Morgan fingerprint density at radius 2 is 2.35 bits per heavy atom. The summed E-state index contributed by atoms with van der Waals surface area (Å²) >= 11 is 0. The van der Waals surface area contributed by atoms with E-state index >= 15 is 0 Å². The lowest BCUT2D eigenvalue weighted by atomic mass is 10.3. The van der Waals surface area contributed by atoms with Crippen LogP contribution in [0, 0.1) is 0 Å². The fourth-order valence-corrected chi connectivity index (χ4v) is 1.13. The van der Waals surface area contributed by atoms with Crippen LogP contribution in [0.5, 0.6) is 0 Å². The Labute approximate surface area is 94.7 Å². The smallest absolute Gasteiger partial charge is 0.338 e. The number of aromatic carboxylic acids is 1. The summed E-state index contributed by atoms with van der Waals surface area (Å²) in [6.07, 6.45) is 2.32. The molecule has 3 N–H and O–H groups in total. The summed E-state index contributed by atoms with van der Waals surface area (Å²) in [5, 5.41) is 17.3. The molecule has 0 unspecified atom stereocenters. The van der Waals surface area contributed by atoms with Gasteiger partial charge in [0.05, 0.1) is 12.1 Å². The summed E-state index contributed by atoms with van der Waals surface area (Å²) in [6.45, 7) is 0.155. The van der Waals surface area contributed by atoms with Gasteiger partial charge in [-0.1, -0.05) is 0 Å². The standard InChI is InChI=1S/C9H8N4O4/c14-8(10-2-7-11-4-12-13-7)6-1-5(3-17-6)9(15)16/h1,3-4H,2H2,(H,10,14)(H,15,16)(H,11,12,13). The van der Waals surface area contributed by atoms with Gasteiger partial charge < -0.3 is 14.8 Å². The lowest BCUT2D eigenvalue weighted by Crippen LogP contribution is -2.22. The van der Waals surface area contributed by atoms with Gasteiger partial charge in [0.15, 0.2) is 5.76 Å². The second kappa shape index (κ2) is 4.47. The van der Waals surface area contributed by atoms with Gasteiger partial charge in [-0.15, -0.1) is 0 Å². The summed E-state index contributed by atoms with van der Waals surface area (Å²) in [7, 11) is 0.